The van der Waals surface area contributed by atoms with Gasteiger partial charge in [0.25, 0.3) is 0 Å². The quantitative estimate of drug-likeness (QED) is 0.827. The van der Waals surface area contributed by atoms with E-state index in [0.29, 0.717) is 12.1 Å². The highest BCUT2D eigenvalue weighted by atomic mass is 15.0. The molecule has 0 bridgehead atoms. The molecule has 1 aromatic heterocycles. The molecule has 19 heavy (non-hydrogen) atoms. The molecule has 0 saturated heterocycles. The lowest BCUT2D eigenvalue weighted by molar-refractivity contribution is 0.464. The van der Waals surface area contributed by atoms with Gasteiger partial charge in [0.2, 0.25) is 0 Å². The van der Waals surface area contributed by atoms with Gasteiger partial charge in [-0.2, -0.15) is 0 Å². The first-order valence-electron chi connectivity index (χ1n) is 6.78. The van der Waals surface area contributed by atoms with E-state index in [-0.39, 0.29) is 0 Å². The van der Waals surface area contributed by atoms with Crippen molar-refractivity contribution in [3.05, 3.63) is 59.4 Å². The number of nitrogen functional groups attached to an aromatic ring is 1. The zero-order valence-corrected chi connectivity index (χ0v) is 11.1. The van der Waals surface area contributed by atoms with E-state index in [1.165, 1.54) is 16.7 Å². The predicted molar refractivity (Wildman–Crippen MR) is 77.7 cm³/mol. The highest BCUT2D eigenvalue weighted by Crippen LogP contribution is 2.33. The lowest BCUT2D eigenvalue weighted by Gasteiger charge is -2.20. The van der Waals surface area contributed by atoms with Crippen molar-refractivity contribution in [2.24, 2.45) is 0 Å². The number of anilines is 1. The molecule has 2 aromatic rings. The smallest absolute Gasteiger partial charge is 0.0331 e. The molecule has 0 spiro atoms. The van der Waals surface area contributed by atoms with Crippen LogP contribution in [0.2, 0.25) is 0 Å². The van der Waals surface area contributed by atoms with Gasteiger partial charge in [-0.25, -0.2) is 0 Å². The van der Waals surface area contributed by atoms with Gasteiger partial charge >= 0.3 is 0 Å². The van der Waals surface area contributed by atoms with Crippen molar-refractivity contribution in [3.8, 4) is 0 Å². The SMILES string of the molecule is C[C@@H](NC1CCc2cc(N)ccc21)c1cccnc1. The minimum atomic E-state index is 0.308. The van der Waals surface area contributed by atoms with E-state index in [1.54, 1.807) is 0 Å². The summed E-state index contributed by atoms with van der Waals surface area (Å²) in [6, 6.07) is 11.1. The van der Waals surface area contributed by atoms with Crippen LogP contribution in [-0.2, 0) is 6.42 Å². The molecule has 0 amide bonds. The Kier molecular flexibility index (Phi) is 3.22. The number of fused-ring (bicyclic) bond motifs is 1. The summed E-state index contributed by atoms with van der Waals surface area (Å²) in [5.41, 5.74) is 10.7. The van der Waals surface area contributed by atoms with Crippen molar-refractivity contribution in [1.29, 1.82) is 0 Å². The molecule has 1 aliphatic carbocycles. The highest BCUT2D eigenvalue weighted by Gasteiger charge is 2.23. The van der Waals surface area contributed by atoms with E-state index in [1.807, 2.05) is 24.5 Å². The number of nitrogens with two attached hydrogens (primary N) is 1. The summed E-state index contributed by atoms with van der Waals surface area (Å²) in [5, 5.41) is 3.69. The average molecular weight is 253 g/mol. The van der Waals surface area contributed by atoms with Crippen LogP contribution >= 0.6 is 0 Å². The summed E-state index contributed by atoms with van der Waals surface area (Å²) >= 11 is 0. The van der Waals surface area contributed by atoms with E-state index in [2.05, 4.69) is 35.4 Å². The molecular weight excluding hydrogens is 234 g/mol. The molecule has 1 aliphatic rings. The minimum absolute atomic E-state index is 0.308. The predicted octanol–water partition coefficient (Wildman–Crippen LogP) is 3.00. The second-order valence-corrected chi connectivity index (χ2v) is 5.22. The lowest BCUT2D eigenvalue weighted by Crippen LogP contribution is -2.23. The fraction of sp³-hybridized carbons (Fsp3) is 0.312. The van der Waals surface area contributed by atoms with Gasteiger partial charge in [-0.1, -0.05) is 12.1 Å². The minimum Gasteiger partial charge on any atom is -0.399 e. The largest absolute Gasteiger partial charge is 0.399 e. The molecule has 1 unspecified atom stereocenters. The Balaban J connectivity index is 1.76. The molecule has 0 fully saturated rings. The zero-order chi connectivity index (χ0) is 13.2. The molecule has 0 radical (unpaired) electrons. The number of benzene rings is 1. The van der Waals surface area contributed by atoms with Gasteiger partial charge in [-0.05, 0) is 54.7 Å². The number of aromatic nitrogens is 1. The second kappa shape index (κ2) is 5.02. The Morgan fingerprint density at radius 2 is 2.26 bits per heavy atom. The monoisotopic (exact) mass is 253 g/mol. The third-order valence-corrected chi connectivity index (χ3v) is 3.88. The van der Waals surface area contributed by atoms with Crippen LogP contribution in [0.25, 0.3) is 0 Å². The van der Waals surface area contributed by atoms with Gasteiger partial charge < -0.3 is 11.1 Å². The van der Waals surface area contributed by atoms with Gasteiger partial charge in [-0.3, -0.25) is 4.98 Å². The molecule has 1 heterocycles. The number of pyridine rings is 1. The number of hydrogen-bond donors (Lipinski definition) is 2. The Bertz CT molecular complexity index is 565. The average Bonchev–Trinajstić information content (AvgIpc) is 2.82. The molecule has 2 atom stereocenters. The van der Waals surface area contributed by atoms with Gasteiger partial charge in [-0.15, -0.1) is 0 Å². The van der Waals surface area contributed by atoms with Crippen LogP contribution < -0.4 is 11.1 Å². The van der Waals surface area contributed by atoms with Crippen molar-refractivity contribution in [3.63, 3.8) is 0 Å². The number of aryl methyl sites for hydroxylation is 1. The van der Waals surface area contributed by atoms with Gasteiger partial charge in [0, 0.05) is 30.2 Å². The number of nitrogens with zero attached hydrogens (tertiary/aromatic N) is 1. The fourth-order valence-electron chi connectivity index (χ4n) is 2.84. The highest BCUT2D eigenvalue weighted by molar-refractivity contribution is 5.47. The molecule has 1 aromatic carbocycles. The summed E-state index contributed by atoms with van der Waals surface area (Å²) in [4.78, 5) is 4.18. The van der Waals surface area contributed by atoms with E-state index in [9.17, 15) is 0 Å². The number of nitrogens with one attached hydrogen (secondary N) is 1. The first-order chi connectivity index (χ1) is 9.24. The summed E-state index contributed by atoms with van der Waals surface area (Å²) in [6.07, 6.45) is 5.99. The standard InChI is InChI=1S/C16H19N3/c1-11(13-3-2-8-18-10-13)19-16-7-4-12-9-14(17)5-6-15(12)16/h2-3,5-6,8-11,16,19H,4,7,17H2,1H3/t11-,16?/m1/s1. The van der Waals surface area contributed by atoms with Crippen molar-refractivity contribution in [2.75, 3.05) is 5.73 Å². The van der Waals surface area contributed by atoms with Gasteiger partial charge in [0.1, 0.15) is 0 Å². The Hall–Kier alpha value is -1.87. The van der Waals surface area contributed by atoms with Gasteiger partial charge in [0.05, 0.1) is 0 Å². The molecule has 98 valence electrons. The topological polar surface area (TPSA) is 50.9 Å². The third kappa shape index (κ3) is 2.47. The fourth-order valence-corrected chi connectivity index (χ4v) is 2.84. The van der Waals surface area contributed by atoms with E-state index < -0.39 is 0 Å². The summed E-state index contributed by atoms with van der Waals surface area (Å²) in [7, 11) is 0. The zero-order valence-electron chi connectivity index (χ0n) is 11.1. The second-order valence-electron chi connectivity index (χ2n) is 5.22. The van der Waals surface area contributed by atoms with Crippen LogP contribution in [0.4, 0.5) is 5.69 Å². The van der Waals surface area contributed by atoms with E-state index in [4.69, 9.17) is 5.73 Å². The molecule has 3 N–H and O–H groups in total. The maximum absolute atomic E-state index is 5.84. The van der Waals surface area contributed by atoms with Crippen LogP contribution in [0.3, 0.4) is 0 Å². The maximum atomic E-state index is 5.84. The lowest BCUT2D eigenvalue weighted by atomic mass is 10.0. The number of hydrogen-bond acceptors (Lipinski definition) is 3. The molecule has 3 heteroatoms. The summed E-state index contributed by atoms with van der Waals surface area (Å²) < 4.78 is 0. The Morgan fingerprint density at radius 1 is 1.37 bits per heavy atom. The molecule has 3 rings (SSSR count). The first-order valence-corrected chi connectivity index (χ1v) is 6.78. The summed E-state index contributed by atoms with van der Waals surface area (Å²) in [6.45, 7) is 2.19. The first kappa shape index (κ1) is 12.2. The Morgan fingerprint density at radius 3 is 3.05 bits per heavy atom. The number of rotatable bonds is 3. The van der Waals surface area contributed by atoms with Crippen LogP contribution in [0.15, 0.2) is 42.7 Å². The van der Waals surface area contributed by atoms with Crippen molar-refractivity contribution < 1.29 is 0 Å². The summed E-state index contributed by atoms with van der Waals surface area (Å²) in [5.74, 6) is 0. The molecule has 3 nitrogen and oxygen atoms in total. The Labute approximate surface area is 113 Å². The van der Waals surface area contributed by atoms with Crippen molar-refractivity contribution >= 4 is 5.69 Å². The normalized spacial score (nSPS) is 19.1. The van der Waals surface area contributed by atoms with Crippen LogP contribution in [0, 0.1) is 0 Å². The molecular formula is C16H19N3. The van der Waals surface area contributed by atoms with Gasteiger partial charge in [0.15, 0.2) is 0 Å². The van der Waals surface area contributed by atoms with Crippen molar-refractivity contribution in [1.82, 2.24) is 10.3 Å². The van der Waals surface area contributed by atoms with E-state index >= 15 is 0 Å². The van der Waals surface area contributed by atoms with Crippen LogP contribution in [0.5, 0.6) is 0 Å². The maximum Gasteiger partial charge on any atom is 0.0331 e. The van der Waals surface area contributed by atoms with Crippen molar-refractivity contribution in [2.45, 2.75) is 31.8 Å². The van der Waals surface area contributed by atoms with Crippen LogP contribution in [-0.4, -0.2) is 4.98 Å². The third-order valence-electron chi connectivity index (χ3n) is 3.88. The van der Waals surface area contributed by atoms with E-state index in [0.717, 1.165) is 18.5 Å². The molecule has 0 saturated carbocycles. The van der Waals surface area contributed by atoms with Crippen LogP contribution in [0.1, 0.15) is 42.1 Å². The molecule has 0 aliphatic heterocycles.